The summed E-state index contributed by atoms with van der Waals surface area (Å²) in [6.45, 7) is 6.85. The summed E-state index contributed by atoms with van der Waals surface area (Å²) >= 11 is 0. The van der Waals surface area contributed by atoms with E-state index in [0.29, 0.717) is 0 Å². The molecule has 20 heavy (non-hydrogen) atoms. The molecular formula is C16H24O3Ti. The van der Waals surface area contributed by atoms with Crippen LogP contribution in [0.4, 0.5) is 0 Å². The van der Waals surface area contributed by atoms with E-state index in [0.717, 1.165) is 0 Å². The van der Waals surface area contributed by atoms with Crippen molar-refractivity contribution in [3.63, 3.8) is 0 Å². The molecular weight excluding hydrogens is 288 g/mol. The second kappa shape index (κ2) is 18.4. The minimum Gasteiger partial charge on any atom is -0.855 e. The second-order valence-electron chi connectivity index (χ2n) is 3.47. The first-order valence-corrected chi connectivity index (χ1v) is 6.48. The normalized spacial score (nSPS) is 7.95. The van der Waals surface area contributed by atoms with Gasteiger partial charge in [0.1, 0.15) is 0 Å². The number of hydrogen-bond donors (Lipinski definition) is 0. The summed E-state index contributed by atoms with van der Waals surface area (Å²) in [6, 6.07) is 12.8. The van der Waals surface area contributed by atoms with E-state index in [1.54, 1.807) is 20.8 Å². The predicted octanol–water partition coefficient (Wildman–Crippen LogP) is 0.964. The van der Waals surface area contributed by atoms with Crippen LogP contribution in [-0.4, -0.2) is 19.8 Å². The van der Waals surface area contributed by atoms with Gasteiger partial charge < -0.3 is 15.3 Å². The van der Waals surface area contributed by atoms with E-state index in [2.05, 4.69) is 43.3 Å². The molecule has 0 aliphatic heterocycles. The van der Waals surface area contributed by atoms with Gasteiger partial charge in [-0.25, -0.2) is 0 Å². The Balaban J connectivity index is -0.000000247. The minimum absolute atomic E-state index is 0. The van der Waals surface area contributed by atoms with Gasteiger partial charge in [-0.05, 0) is 6.92 Å². The molecule has 0 fully saturated rings. The van der Waals surface area contributed by atoms with Crippen molar-refractivity contribution in [2.75, 3.05) is 19.8 Å². The third kappa shape index (κ3) is 12.5. The number of aryl methyl sites for hydroxylation is 1. The standard InChI is InChI=1S/C10H9.3C2H5O.Ti/c1-8-4-2-5-9-6-3-7-10(8)9;3*1-2-3;/h2-7H,1H3;3*2H2,1H3;/q4*-1;+4. The average molecular weight is 312 g/mol. The van der Waals surface area contributed by atoms with Crippen LogP contribution in [0.25, 0.3) is 10.8 Å². The monoisotopic (exact) mass is 312 g/mol. The first kappa shape index (κ1) is 24.4. The Hall–Kier alpha value is -0.576. The van der Waals surface area contributed by atoms with Crippen molar-refractivity contribution >= 4 is 10.8 Å². The number of hydrogen-bond acceptors (Lipinski definition) is 3. The van der Waals surface area contributed by atoms with Gasteiger partial charge in [-0.3, -0.25) is 0 Å². The van der Waals surface area contributed by atoms with Gasteiger partial charge in [-0.2, -0.15) is 12.1 Å². The summed E-state index contributed by atoms with van der Waals surface area (Å²) in [5.41, 5.74) is 1.36. The number of rotatable bonds is 0. The van der Waals surface area contributed by atoms with Gasteiger partial charge in [0.2, 0.25) is 0 Å². The molecule has 4 heteroatoms. The van der Waals surface area contributed by atoms with Crippen molar-refractivity contribution in [3.05, 3.63) is 42.0 Å². The molecule has 2 aromatic rings. The molecule has 0 radical (unpaired) electrons. The summed E-state index contributed by atoms with van der Waals surface area (Å²) in [6.07, 6.45) is 0. The fraction of sp³-hybridized carbons (Fsp3) is 0.438. The van der Waals surface area contributed by atoms with E-state index in [-0.39, 0.29) is 41.5 Å². The molecule has 0 atom stereocenters. The molecule has 0 aromatic heterocycles. The molecule has 0 aliphatic carbocycles. The van der Waals surface area contributed by atoms with Crippen LogP contribution in [0.1, 0.15) is 26.3 Å². The molecule has 0 unspecified atom stereocenters. The zero-order chi connectivity index (χ0) is 15.1. The molecule has 0 bridgehead atoms. The van der Waals surface area contributed by atoms with Crippen molar-refractivity contribution in [1.82, 2.24) is 0 Å². The smallest absolute Gasteiger partial charge is 0.855 e. The second-order valence-corrected chi connectivity index (χ2v) is 3.47. The molecule has 0 aliphatic rings. The SMILES string of the molecule is CC[O-].CC[O-].CC[O-].Cc1cccc2[cH-]ccc12.[Ti+4]. The van der Waals surface area contributed by atoms with Crippen LogP contribution in [0.5, 0.6) is 0 Å². The van der Waals surface area contributed by atoms with Crippen molar-refractivity contribution in [2.24, 2.45) is 0 Å². The van der Waals surface area contributed by atoms with Gasteiger partial charge in [-0.1, -0.05) is 32.4 Å². The van der Waals surface area contributed by atoms with Gasteiger partial charge in [-0.15, -0.1) is 48.8 Å². The summed E-state index contributed by atoms with van der Waals surface area (Å²) in [4.78, 5) is 0. The van der Waals surface area contributed by atoms with Gasteiger partial charge >= 0.3 is 21.7 Å². The third-order valence-electron chi connectivity index (χ3n) is 1.90. The maximum atomic E-state index is 8.93. The molecule has 3 nitrogen and oxygen atoms in total. The van der Waals surface area contributed by atoms with Crippen LogP contribution in [0.2, 0.25) is 0 Å². The molecule has 0 amide bonds. The van der Waals surface area contributed by atoms with Gasteiger partial charge in [0.05, 0.1) is 0 Å². The maximum Gasteiger partial charge on any atom is 4.00 e. The molecule has 0 heterocycles. The fourth-order valence-electron chi connectivity index (χ4n) is 1.32. The molecule has 0 N–H and O–H groups in total. The Labute approximate surface area is 137 Å². The first-order valence-electron chi connectivity index (χ1n) is 6.48. The van der Waals surface area contributed by atoms with Gasteiger partial charge in [0, 0.05) is 0 Å². The summed E-state index contributed by atoms with van der Waals surface area (Å²) in [5, 5.41) is 29.5. The summed E-state index contributed by atoms with van der Waals surface area (Å²) in [5.74, 6) is 0. The Morgan fingerprint density at radius 2 is 1.35 bits per heavy atom. The van der Waals surface area contributed by atoms with E-state index >= 15 is 0 Å². The van der Waals surface area contributed by atoms with Crippen LogP contribution in [0, 0.1) is 6.92 Å². The average Bonchev–Trinajstić information content (AvgIpc) is 2.82. The molecule has 0 spiro atoms. The minimum atomic E-state index is 0. The summed E-state index contributed by atoms with van der Waals surface area (Å²) in [7, 11) is 0. The molecule has 110 valence electrons. The first-order chi connectivity index (χ1) is 9.12. The van der Waals surface area contributed by atoms with Gasteiger partial charge in [0.15, 0.2) is 0 Å². The zero-order valence-electron chi connectivity index (χ0n) is 12.8. The quantitative estimate of drug-likeness (QED) is 0.537. The third-order valence-corrected chi connectivity index (χ3v) is 1.90. The van der Waals surface area contributed by atoms with Crippen molar-refractivity contribution in [1.29, 1.82) is 0 Å². The van der Waals surface area contributed by atoms with Gasteiger partial charge in [0.25, 0.3) is 0 Å². The van der Waals surface area contributed by atoms with E-state index in [9.17, 15) is 0 Å². The zero-order valence-corrected chi connectivity index (χ0v) is 14.4. The predicted molar refractivity (Wildman–Crippen MR) is 75.9 cm³/mol. The Morgan fingerprint density at radius 3 is 1.75 bits per heavy atom. The largest absolute Gasteiger partial charge is 4.00 e. The van der Waals surface area contributed by atoms with Crippen LogP contribution in [0.15, 0.2) is 36.4 Å². The summed E-state index contributed by atoms with van der Waals surface area (Å²) < 4.78 is 0. The Bertz CT molecular complexity index is 395. The fourth-order valence-corrected chi connectivity index (χ4v) is 1.32. The van der Waals surface area contributed by atoms with E-state index in [1.165, 1.54) is 16.3 Å². The molecule has 2 aromatic carbocycles. The van der Waals surface area contributed by atoms with Crippen molar-refractivity contribution < 1.29 is 37.0 Å². The Kier molecular flexibility index (Phi) is 22.5. The molecule has 2 rings (SSSR count). The van der Waals surface area contributed by atoms with Crippen LogP contribution in [-0.2, 0) is 21.7 Å². The molecule has 0 saturated carbocycles. The van der Waals surface area contributed by atoms with E-state index in [4.69, 9.17) is 15.3 Å². The van der Waals surface area contributed by atoms with Crippen LogP contribution in [0.3, 0.4) is 0 Å². The van der Waals surface area contributed by atoms with Crippen molar-refractivity contribution in [2.45, 2.75) is 27.7 Å². The maximum absolute atomic E-state index is 8.93. The van der Waals surface area contributed by atoms with E-state index < -0.39 is 0 Å². The van der Waals surface area contributed by atoms with Crippen molar-refractivity contribution in [3.8, 4) is 0 Å². The topological polar surface area (TPSA) is 69.2 Å². The van der Waals surface area contributed by atoms with Crippen LogP contribution < -0.4 is 15.3 Å². The Morgan fingerprint density at radius 1 is 0.900 bits per heavy atom. The number of fused-ring (bicyclic) bond motifs is 1. The van der Waals surface area contributed by atoms with E-state index in [1.807, 2.05) is 0 Å². The molecule has 0 saturated heterocycles. The number of benzene rings is 1. The van der Waals surface area contributed by atoms with Crippen LogP contribution >= 0.6 is 0 Å².